The standard InChI is InChI=1S/C19H20ClN3O/c20-15-7-3-8-16(11-15)21-19(24)22-12-17(13-22)23-10-4-6-14-5-1-2-9-18(14)23/h1-3,5,7-9,11,17H,4,6,10,12-13H2,(H,21,24). The van der Waals surface area contributed by atoms with Gasteiger partial charge in [-0.05, 0) is 42.7 Å². The van der Waals surface area contributed by atoms with E-state index in [0.717, 1.165) is 31.7 Å². The van der Waals surface area contributed by atoms with Gasteiger partial charge in [0.15, 0.2) is 0 Å². The van der Waals surface area contributed by atoms with Crippen LogP contribution in [0.3, 0.4) is 0 Å². The molecule has 0 atom stereocenters. The first-order valence-corrected chi connectivity index (χ1v) is 8.74. The lowest BCUT2D eigenvalue weighted by Crippen LogP contribution is -2.62. The van der Waals surface area contributed by atoms with Gasteiger partial charge in [0.05, 0.1) is 6.04 Å². The highest BCUT2D eigenvalue weighted by Gasteiger charge is 2.36. The minimum atomic E-state index is -0.0567. The molecular formula is C19H20ClN3O. The van der Waals surface area contributed by atoms with Crippen molar-refractivity contribution in [3.63, 3.8) is 0 Å². The van der Waals surface area contributed by atoms with E-state index in [-0.39, 0.29) is 6.03 Å². The molecule has 1 N–H and O–H groups in total. The number of hydrogen-bond donors (Lipinski definition) is 1. The second-order valence-electron chi connectivity index (χ2n) is 6.42. The van der Waals surface area contributed by atoms with Gasteiger partial charge in [-0.2, -0.15) is 0 Å². The number of benzene rings is 2. The number of likely N-dealkylation sites (tertiary alicyclic amines) is 1. The van der Waals surface area contributed by atoms with Gasteiger partial charge in [-0.1, -0.05) is 35.9 Å². The zero-order valence-electron chi connectivity index (χ0n) is 13.4. The fourth-order valence-corrected chi connectivity index (χ4v) is 3.72. The Morgan fingerprint density at radius 1 is 1.12 bits per heavy atom. The average molecular weight is 342 g/mol. The van der Waals surface area contributed by atoms with Crippen LogP contribution in [0.1, 0.15) is 12.0 Å². The summed E-state index contributed by atoms with van der Waals surface area (Å²) in [6, 6.07) is 16.2. The number of carbonyl (C=O) groups is 1. The van der Waals surface area contributed by atoms with Gasteiger partial charge in [-0.25, -0.2) is 4.79 Å². The van der Waals surface area contributed by atoms with E-state index >= 15 is 0 Å². The van der Waals surface area contributed by atoms with Gasteiger partial charge in [0, 0.05) is 36.0 Å². The predicted octanol–water partition coefficient (Wildman–Crippen LogP) is 4.01. The van der Waals surface area contributed by atoms with Crippen LogP contribution in [0.15, 0.2) is 48.5 Å². The molecule has 1 saturated heterocycles. The van der Waals surface area contributed by atoms with Crippen molar-refractivity contribution < 1.29 is 4.79 Å². The Balaban J connectivity index is 1.38. The van der Waals surface area contributed by atoms with Gasteiger partial charge < -0.3 is 15.1 Å². The Bertz CT molecular complexity index is 758. The first-order valence-electron chi connectivity index (χ1n) is 8.37. The number of nitrogens with zero attached hydrogens (tertiary/aromatic N) is 2. The minimum absolute atomic E-state index is 0.0567. The highest BCUT2D eigenvalue weighted by Crippen LogP contribution is 2.31. The molecule has 0 bridgehead atoms. The average Bonchev–Trinajstić information content (AvgIpc) is 2.54. The summed E-state index contributed by atoms with van der Waals surface area (Å²) in [5.74, 6) is 0. The summed E-state index contributed by atoms with van der Waals surface area (Å²) >= 11 is 5.96. The molecule has 124 valence electrons. The summed E-state index contributed by atoms with van der Waals surface area (Å²) in [6.07, 6.45) is 2.33. The largest absolute Gasteiger partial charge is 0.365 e. The lowest BCUT2D eigenvalue weighted by Gasteiger charge is -2.48. The fourth-order valence-electron chi connectivity index (χ4n) is 3.53. The second-order valence-corrected chi connectivity index (χ2v) is 6.86. The van der Waals surface area contributed by atoms with Crippen LogP contribution >= 0.6 is 11.6 Å². The maximum atomic E-state index is 12.3. The Labute approximate surface area is 147 Å². The molecule has 0 spiro atoms. The molecule has 5 heteroatoms. The van der Waals surface area contributed by atoms with Crippen molar-refractivity contribution in [2.45, 2.75) is 18.9 Å². The lowest BCUT2D eigenvalue weighted by molar-refractivity contribution is 0.160. The van der Waals surface area contributed by atoms with E-state index in [2.05, 4.69) is 34.5 Å². The number of anilines is 2. The monoisotopic (exact) mass is 341 g/mol. The third-order valence-corrected chi connectivity index (χ3v) is 5.05. The van der Waals surface area contributed by atoms with Crippen molar-refractivity contribution in [2.75, 3.05) is 29.9 Å². The molecule has 2 aliphatic rings. The summed E-state index contributed by atoms with van der Waals surface area (Å²) in [4.78, 5) is 16.6. The first kappa shape index (κ1) is 15.3. The maximum Gasteiger partial charge on any atom is 0.321 e. The first-order chi connectivity index (χ1) is 11.7. The van der Waals surface area contributed by atoms with Crippen molar-refractivity contribution in [3.05, 3.63) is 59.1 Å². The molecule has 24 heavy (non-hydrogen) atoms. The SMILES string of the molecule is O=C(Nc1cccc(Cl)c1)N1CC(N2CCCc3ccccc32)C1. The number of halogens is 1. The van der Waals surface area contributed by atoms with Gasteiger partial charge in [-0.3, -0.25) is 0 Å². The molecule has 0 radical (unpaired) electrons. The van der Waals surface area contributed by atoms with Crippen LogP contribution in [0.5, 0.6) is 0 Å². The van der Waals surface area contributed by atoms with Crippen LogP contribution in [-0.4, -0.2) is 36.6 Å². The third kappa shape index (κ3) is 2.94. The normalized spacial score (nSPS) is 17.2. The summed E-state index contributed by atoms with van der Waals surface area (Å²) in [7, 11) is 0. The molecule has 0 saturated carbocycles. The van der Waals surface area contributed by atoms with Crippen LogP contribution in [0, 0.1) is 0 Å². The summed E-state index contributed by atoms with van der Waals surface area (Å²) in [6.45, 7) is 2.60. The van der Waals surface area contributed by atoms with Gasteiger partial charge in [0.25, 0.3) is 0 Å². The molecule has 0 unspecified atom stereocenters. The Morgan fingerprint density at radius 2 is 1.96 bits per heavy atom. The number of fused-ring (bicyclic) bond motifs is 1. The quantitative estimate of drug-likeness (QED) is 0.895. The number of hydrogen-bond acceptors (Lipinski definition) is 2. The summed E-state index contributed by atoms with van der Waals surface area (Å²) < 4.78 is 0. The Hall–Kier alpha value is -2.20. The van der Waals surface area contributed by atoms with E-state index in [4.69, 9.17) is 11.6 Å². The van der Waals surface area contributed by atoms with E-state index in [9.17, 15) is 4.79 Å². The minimum Gasteiger partial charge on any atom is -0.365 e. The van der Waals surface area contributed by atoms with Crippen LogP contribution in [0.4, 0.5) is 16.2 Å². The van der Waals surface area contributed by atoms with Crippen molar-refractivity contribution in [3.8, 4) is 0 Å². The van der Waals surface area contributed by atoms with E-state index in [1.807, 2.05) is 17.0 Å². The lowest BCUT2D eigenvalue weighted by atomic mass is 9.97. The van der Waals surface area contributed by atoms with Gasteiger partial charge in [0.1, 0.15) is 0 Å². The molecule has 2 aromatic rings. The topological polar surface area (TPSA) is 35.6 Å². The van der Waals surface area contributed by atoms with Crippen molar-refractivity contribution in [2.24, 2.45) is 0 Å². The molecule has 0 aliphatic carbocycles. The molecule has 2 amide bonds. The molecule has 2 heterocycles. The highest BCUT2D eigenvalue weighted by atomic mass is 35.5. The van der Waals surface area contributed by atoms with Gasteiger partial charge in [0.2, 0.25) is 0 Å². The number of carbonyl (C=O) groups excluding carboxylic acids is 1. The maximum absolute atomic E-state index is 12.3. The van der Waals surface area contributed by atoms with Crippen LogP contribution in [0.25, 0.3) is 0 Å². The van der Waals surface area contributed by atoms with Crippen molar-refractivity contribution in [1.82, 2.24) is 4.90 Å². The molecule has 2 aliphatic heterocycles. The molecular weight excluding hydrogens is 322 g/mol. The zero-order valence-corrected chi connectivity index (χ0v) is 14.2. The van der Waals surface area contributed by atoms with Crippen LogP contribution in [-0.2, 0) is 6.42 Å². The number of para-hydroxylation sites is 1. The summed E-state index contributed by atoms with van der Waals surface area (Å²) in [5, 5.41) is 3.54. The molecule has 4 nitrogen and oxygen atoms in total. The van der Waals surface area contributed by atoms with Crippen molar-refractivity contribution in [1.29, 1.82) is 0 Å². The van der Waals surface area contributed by atoms with E-state index in [1.165, 1.54) is 17.7 Å². The van der Waals surface area contributed by atoms with E-state index in [1.54, 1.807) is 12.1 Å². The van der Waals surface area contributed by atoms with E-state index < -0.39 is 0 Å². The highest BCUT2D eigenvalue weighted by molar-refractivity contribution is 6.30. The number of urea groups is 1. The number of nitrogens with one attached hydrogen (secondary N) is 1. The molecule has 4 rings (SSSR count). The predicted molar refractivity (Wildman–Crippen MR) is 97.9 cm³/mol. The second kappa shape index (κ2) is 6.36. The molecule has 1 fully saturated rings. The smallest absolute Gasteiger partial charge is 0.321 e. The summed E-state index contributed by atoms with van der Waals surface area (Å²) in [5.41, 5.74) is 3.49. The third-order valence-electron chi connectivity index (χ3n) is 4.81. The van der Waals surface area contributed by atoms with Gasteiger partial charge >= 0.3 is 6.03 Å². The van der Waals surface area contributed by atoms with Crippen molar-refractivity contribution >= 4 is 29.0 Å². The zero-order chi connectivity index (χ0) is 16.5. The van der Waals surface area contributed by atoms with E-state index in [0.29, 0.717) is 11.1 Å². The molecule has 0 aromatic heterocycles. The Kier molecular flexibility index (Phi) is 4.07. The molecule has 2 aromatic carbocycles. The number of rotatable bonds is 2. The Morgan fingerprint density at radius 3 is 2.79 bits per heavy atom. The van der Waals surface area contributed by atoms with Crippen LogP contribution < -0.4 is 10.2 Å². The number of aryl methyl sites for hydroxylation is 1. The fraction of sp³-hybridized carbons (Fsp3) is 0.316. The van der Waals surface area contributed by atoms with Gasteiger partial charge in [-0.15, -0.1) is 0 Å². The van der Waals surface area contributed by atoms with Crippen LogP contribution in [0.2, 0.25) is 5.02 Å². The number of amides is 2.